The number of benzene rings is 2. The van der Waals surface area contributed by atoms with Crippen molar-refractivity contribution in [3.63, 3.8) is 0 Å². The average molecular weight is 509 g/mol. The normalized spacial score (nSPS) is 20.2. The van der Waals surface area contributed by atoms with Gasteiger partial charge in [-0.05, 0) is 81.1 Å². The lowest BCUT2D eigenvalue weighted by Gasteiger charge is -2.47. The van der Waals surface area contributed by atoms with E-state index in [1.165, 1.54) is 16.2 Å². The number of amides is 2. The van der Waals surface area contributed by atoms with Crippen LogP contribution in [0.25, 0.3) is 6.08 Å². The minimum atomic E-state index is -0.293. The molecule has 0 aliphatic carbocycles. The summed E-state index contributed by atoms with van der Waals surface area (Å²) >= 11 is 0.968. The van der Waals surface area contributed by atoms with E-state index in [1.54, 1.807) is 13.2 Å². The van der Waals surface area contributed by atoms with Gasteiger partial charge in [-0.2, -0.15) is 0 Å². The zero-order valence-corrected chi connectivity index (χ0v) is 22.9. The van der Waals surface area contributed by atoms with Crippen LogP contribution < -0.4 is 14.4 Å². The van der Waals surface area contributed by atoms with E-state index in [2.05, 4.69) is 44.7 Å². The Hall–Kier alpha value is -2.93. The van der Waals surface area contributed by atoms with Gasteiger partial charge in [0.25, 0.3) is 11.1 Å². The van der Waals surface area contributed by atoms with Gasteiger partial charge in [-0.3, -0.25) is 14.5 Å². The second kappa shape index (κ2) is 10.6. The molecule has 2 amide bonds. The number of hydrogen-bond acceptors (Lipinski definition) is 6. The van der Waals surface area contributed by atoms with Crippen LogP contribution in [0.5, 0.6) is 11.5 Å². The van der Waals surface area contributed by atoms with Crippen LogP contribution in [0.4, 0.5) is 10.5 Å². The standard InChI is InChI=1S/C29H36N2O4S/c1-7-12-31-24-17-25(34-6)21(15-23(24)20(3)18-29(31,4)5)16-26-27(32)30(28(33)36-26)13-14-35-22-10-8-19(2)9-11-22/h8-11,15-17,20H,7,12-14,18H2,1-6H3/b26-16+. The Bertz CT molecular complexity index is 1170. The highest BCUT2D eigenvalue weighted by Gasteiger charge is 2.38. The van der Waals surface area contributed by atoms with Gasteiger partial charge >= 0.3 is 0 Å². The van der Waals surface area contributed by atoms with Crippen LogP contribution in [-0.4, -0.2) is 48.4 Å². The van der Waals surface area contributed by atoms with Gasteiger partial charge in [0, 0.05) is 29.4 Å². The lowest BCUT2D eigenvalue weighted by molar-refractivity contribution is -0.123. The Morgan fingerprint density at radius 3 is 2.53 bits per heavy atom. The number of rotatable bonds is 8. The van der Waals surface area contributed by atoms with Gasteiger partial charge in [0.05, 0.1) is 18.6 Å². The van der Waals surface area contributed by atoms with Gasteiger partial charge in [0.1, 0.15) is 18.1 Å². The summed E-state index contributed by atoms with van der Waals surface area (Å²) in [6, 6.07) is 11.9. The Morgan fingerprint density at radius 2 is 1.86 bits per heavy atom. The number of ether oxygens (including phenoxy) is 2. The molecule has 1 fully saturated rings. The van der Waals surface area contributed by atoms with Gasteiger partial charge in [0.15, 0.2) is 0 Å². The molecule has 2 aromatic carbocycles. The van der Waals surface area contributed by atoms with Crippen molar-refractivity contribution in [1.29, 1.82) is 0 Å². The maximum absolute atomic E-state index is 13.1. The molecule has 0 aromatic heterocycles. The fourth-order valence-electron chi connectivity index (χ4n) is 5.19. The van der Waals surface area contributed by atoms with Crippen LogP contribution in [0.1, 0.15) is 63.1 Å². The largest absolute Gasteiger partial charge is 0.496 e. The van der Waals surface area contributed by atoms with Crippen molar-refractivity contribution in [2.75, 3.05) is 31.7 Å². The Labute approximate surface area is 218 Å². The summed E-state index contributed by atoms with van der Waals surface area (Å²) in [7, 11) is 1.65. The molecule has 0 N–H and O–H groups in total. The first-order valence-electron chi connectivity index (χ1n) is 12.6. The molecule has 36 heavy (non-hydrogen) atoms. The quantitative estimate of drug-likeness (QED) is 0.374. The molecular weight excluding hydrogens is 472 g/mol. The summed E-state index contributed by atoms with van der Waals surface area (Å²) in [6.45, 7) is 12.5. The zero-order valence-electron chi connectivity index (χ0n) is 22.1. The van der Waals surface area contributed by atoms with Gasteiger partial charge in [0.2, 0.25) is 0 Å². The van der Waals surface area contributed by atoms with E-state index in [9.17, 15) is 9.59 Å². The molecule has 1 atom stereocenters. The predicted octanol–water partition coefficient (Wildman–Crippen LogP) is 6.62. The average Bonchev–Trinajstić information content (AvgIpc) is 3.10. The first kappa shape index (κ1) is 26.1. The third-order valence-corrected chi connectivity index (χ3v) is 7.86. The van der Waals surface area contributed by atoms with Crippen molar-refractivity contribution in [3.8, 4) is 11.5 Å². The van der Waals surface area contributed by atoms with E-state index < -0.39 is 0 Å². The topological polar surface area (TPSA) is 59.1 Å². The van der Waals surface area contributed by atoms with Gasteiger partial charge in [-0.15, -0.1) is 0 Å². The number of imide groups is 1. The van der Waals surface area contributed by atoms with Crippen molar-refractivity contribution in [3.05, 3.63) is 58.0 Å². The molecule has 2 heterocycles. The number of carbonyl (C=O) groups is 2. The molecule has 2 aliphatic rings. The Balaban J connectivity index is 1.56. The van der Waals surface area contributed by atoms with Crippen molar-refractivity contribution in [1.82, 2.24) is 4.90 Å². The third-order valence-electron chi connectivity index (χ3n) is 6.95. The lowest BCUT2D eigenvalue weighted by Crippen LogP contribution is -2.48. The number of thioether (sulfide) groups is 1. The number of hydrogen-bond donors (Lipinski definition) is 0. The maximum atomic E-state index is 13.1. The van der Waals surface area contributed by atoms with Crippen LogP contribution >= 0.6 is 11.8 Å². The molecule has 1 unspecified atom stereocenters. The zero-order chi connectivity index (χ0) is 26.0. The minimum Gasteiger partial charge on any atom is -0.496 e. The molecule has 0 spiro atoms. The van der Waals surface area contributed by atoms with Crippen LogP contribution in [0.2, 0.25) is 0 Å². The fourth-order valence-corrected chi connectivity index (χ4v) is 6.04. The molecule has 7 heteroatoms. The van der Waals surface area contributed by atoms with Crippen molar-refractivity contribution >= 4 is 34.7 Å². The summed E-state index contributed by atoms with van der Waals surface area (Å²) in [5, 5.41) is -0.278. The van der Waals surface area contributed by atoms with E-state index >= 15 is 0 Å². The molecule has 0 radical (unpaired) electrons. The molecular formula is C29H36N2O4S. The Kier molecular flexibility index (Phi) is 7.69. The highest BCUT2D eigenvalue weighted by molar-refractivity contribution is 8.18. The molecule has 6 nitrogen and oxygen atoms in total. The number of aryl methyl sites for hydroxylation is 1. The van der Waals surface area contributed by atoms with E-state index in [4.69, 9.17) is 9.47 Å². The highest BCUT2D eigenvalue weighted by atomic mass is 32.2. The van der Waals surface area contributed by atoms with Crippen LogP contribution in [0, 0.1) is 6.92 Å². The molecule has 1 saturated heterocycles. The smallest absolute Gasteiger partial charge is 0.293 e. The number of carbonyl (C=O) groups excluding carboxylic acids is 2. The predicted molar refractivity (Wildman–Crippen MR) is 147 cm³/mol. The molecule has 192 valence electrons. The molecule has 2 aliphatic heterocycles. The summed E-state index contributed by atoms with van der Waals surface area (Å²) in [5.74, 6) is 1.50. The first-order chi connectivity index (χ1) is 17.1. The molecule has 0 bridgehead atoms. The summed E-state index contributed by atoms with van der Waals surface area (Å²) < 4.78 is 11.5. The number of nitrogens with zero attached hydrogens (tertiary/aromatic N) is 2. The van der Waals surface area contributed by atoms with Crippen molar-refractivity contribution < 1.29 is 19.1 Å². The van der Waals surface area contributed by atoms with E-state index in [0.717, 1.165) is 48.0 Å². The minimum absolute atomic E-state index is 0.0538. The Morgan fingerprint density at radius 1 is 1.14 bits per heavy atom. The van der Waals surface area contributed by atoms with Crippen LogP contribution in [0.3, 0.4) is 0 Å². The second-order valence-electron chi connectivity index (χ2n) is 10.2. The molecule has 4 rings (SSSR count). The van der Waals surface area contributed by atoms with Gasteiger partial charge < -0.3 is 14.4 Å². The first-order valence-corrected chi connectivity index (χ1v) is 13.4. The third kappa shape index (κ3) is 5.26. The van der Waals surface area contributed by atoms with Crippen LogP contribution in [-0.2, 0) is 4.79 Å². The summed E-state index contributed by atoms with van der Waals surface area (Å²) in [5.41, 5.74) is 4.46. The summed E-state index contributed by atoms with van der Waals surface area (Å²) in [6.07, 6.45) is 3.90. The SMILES string of the molecule is CCCN1c2cc(OC)c(/C=C3/SC(=O)N(CCOc4ccc(C)cc4)C3=O)cc2C(C)CC1(C)C. The number of fused-ring (bicyclic) bond motifs is 1. The lowest BCUT2D eigenvalue weighted by atomic mass is 9.79. The number of methoxy groups -OCH3 is 1. The van der Waals surface area contributed by atoms with Crippen LogP contribution in [0.15, 0.2) is 41.3 Å². The fraction of sp³-hybridized carbons (Fsp3) is 0.448. The van der Waals surface area contributed by atoms with E-state index in [1.807, 2.05) is 31.2 Å². The second-order valence-corrected chi connectivity index (χ2v) is 11.2. The number of anilines is 1. The summed E-state index contributed by atoms with van der Waals surface area (Å²) in [4.78, 5) is 29.9. The molecule has 2 aromatic rings. The van der Waals surface area contributed by atoms with E-state index in [-0.39, 0.29) is 29.8 Å². The van der Waals surface area contributed by atoms with Crippen molar-refractivity contribution in [2.24, 2.45) is 0 Å². The monoisotopic (exact) mass is 508 g/mol. The van der Waals surface area contributed by atoms with Crippen molar-refractivity contribution in [2.45, 2.75) is 58.9 Å². The maximum Gasteiger partial charge on any atom is 0.293 e. The van der Waals surface area contributed by atoms with E-state index in [0.29, 0.717) is 16.6 Å². The van der Waals surface area contributed by atoms with Gasteiger partial charge in [-0.25, -0.2) is 0 Å². The highest BCUT2D eigenvalue weighted by Crippen LogP contribution is 2.46. The molecule has 0 saturated carbocycles. The van der Waals surface area contributed by atoms with Gasteiger partial charge in [-0.1, -0.05) is 31.5 Å².